The third kappa shape index (κ3) is 4.26. The van der Waals surface area contributed by atoms with Gasteiger partial charge in [0.05, 0.1) is 11.6 Å². The van der Waals surface area contributed by atoms with Crippen molar-refractivity contribution in [1.82, 2.24) is 4.90 Å². The smallest absolute Gasteiger partial charge is 0.295 e. The lowest BCUT2D eigenvalue weighted by Gasteiger charge is -2.25. The number of carbonyl (C=O) groups excluding carboxylic acids is 2. The fourth-order valence-corrected chi connectivity index (χ4v) is 3.79. The number of hydrogen-bond donors (Lipinski definition) is 1. The molecule has 0 saturated carbocycles. The van der Waals surface area contributed by atoms with E-state index in [0.717, 1.165) is 36.8 Å². The van der Waals surface area contributed by atoms with Crippen molar-refractivity contribution in [3.05, 3.63) is 76.4 Å². The fraction of sp³-hybridized carbons (Fsp3) is 0.360. The molecule has 0 bridgehead atoms. The van der Waals surface area contributed by atoms with E-state index in [4.69, 9.17) is 0 Å². The molecule has 2 aromatic rings. The third-order valence-electron chi connectivity index (χ3n) is 5.57. The number of benzene rings is 2. The Balaban J connectivity index is 2.09. The standard InChI is InChI=1S/C25H29NO3/c1-4-6-7-16-26-22(19-14-10-18(5-2)11-15-19)21(24(28)25(26)29)23(27)20-12-8-17(3)9-13-20/h8-15,22,27H,4-7,16H2,1-3H3/b23-21-. The molecule has 1 heterocycles. The first-order valence-electron chi connectivity index (χ1n) is 10.4. The summed E-state index contributed by atoms with van der Waals surface area (Å²) in [6, 6.07) is 14.8. The molecule has 1 unspecified atom stereocenters. The van der Waals surface area contributed by atoms with Crippen LogP contribution in [0.15, 0.2) is 54.1 Å². The second-order valence-corrected chi connectivity index (χ2v) is 7.66. The summed E-state index contributed by atoms with van der Waals surface area (Å²) in [6.07, 6.45) is 3.77. The number of likely N-dealkylation sites (tertiary alicyclic amines) is 1. The van der Waals surface area contributed by atoms with Gasteiger partial charge in [0, 0.05) is 12.1 Å². The van der Waals surface area contributed by atoms with Crippen LogP contribution >= 0.6 is 0 Å². The summed E-state index contributed by atoms with van der Waals surface area (Å²) in [4.78, 5) is 27.4. The Morgan fingerprint density at radius 2 is 1.62 bits per heavy atom. The Hall–Kier alpha value is -2.88. The first kappa shape index (κ1) is 20.8. The van der Waals surface area contributed by atoms with Crippen molar-refractivity contribution in [2.45, 2.75) is 52.5 Å². The van der Waals surface area contributed by atoms with E-state index in [0.29, 0.717) is 12.1 Å². The van der Waals surface area contributed by atoms with Gasteiger partial charge in [-0.15, -0.1) is 0 Å². The Kier molecular flexibility index (Phi) is 6.53. The lowest BCUT2D eigenvalue weighted by atomic mass is 9.94. The van der Waals surface area contributed by atoms with Crippen LogP contribution in [0.5, 0.6) is 0 Å². The zero-order chi connectivity index (χ0) is 21.0. The molecular formula is C25H29NO3. The van der Waals surface area contributed by atoms with Gasteiger partial charge in [0.25, 0.3) is 11.7 Å². The number of amides is 1. The number of aliphatic hydroxyl groups is 1. The lowest BCUT2D eigenvalue weighted by Crippen LogP contribution is -2.30. The molecule has 1 aliphatic rings. The normalized spacial score (nSPS) is 18.4. The van der Waals surface area contributed by atoms with E-state index in [1.54, 1.807) is 17.0 Å². The molecule has 4 nitrogen and oxygen atoms in total. The van der Waals surface area contributed by atoms with Crippen LogP contribution in [-0.4, -0.2) is 28.2 Å². The maximum atomic E-state index is 12.9. The lowest BCUT2D eigenvalue weighted by molar-refractivity contribution is -0.139. The highest BCUT2D eigenvalue weighted by molar-refractivity contribution is 6.46. The molecule has 1 atom stereocenters. The third-order valence-corrected chi connectivity index (χ3v) is 5.57. The summed E-state index contributed by atoms with van der Waals surface area (Å²) >= 11 is 0. The van der Waals surface area contributed by atoms with E-state index >= 15 is 0 Å². The van der Waals surface area contributed by atoms with Crippen molar-refractivity contribution in [2.24, 2.45) is 0 Å². The number of Topliss-reactive ketones (excluding diaryl/α,β-unsaturated/α-hetero) is 1. The van der Waals surface area contributed by atoms with Crippen LogP contribution in [0.25, 0.3) is 5.76 Å². The average Bonchev–Trinajstić information content (AvgIpc) is 2.99. The number of rotatable bonds is 7. The second-order valence-electron chi connectivity index (χ2n) is 7.66. The maximum absolute atomic E-state index is 12.9. The van der Waals surface area contributed by atoms with E-state index < -0.39 is 17.7 Å². The minimum Gasteiger partial charge on any atom is -0.507 e. The molecule has 29 heavy (non-hydrogen) atoms. The predicted octanol–water partition coefficient (Wildman–Crippen LogP) is 5.17. The number of hydrogen-bond acceptors (Lipinski definition) is 3. The highest BCUT2D eigenvalue weighted by atomic mass is 16.3. The summed E-state index contributed by atoms with van der Waals surface area (Å²) < 4.78 is 0. The second kappa shape index (κ2) is 9.08. The number of nitrogens with zero attached hydrogens (tertiary/aromatic N) is 1. The Bertz CT molecular complexity index is 910. The molecule has 3 rings (SSSR count). The van der Waals surface area contributed by atoms with Gasteiger partial charge in [0.15, 0.2) is 0 Å². The van der Waals surface area contributed by atoms with Gasteiger partial charge in [-0.05, 0) is 30.9 Å². The zero-order valence-electron chi connectivity index (χ0n) is 17.4. The Morgan fingerprint density at radius 1 is 0.966 bits per heavy atom. The van der Waals surface area contributed by atoms with Crippen molar-refractivity contribution < 1.29 is 14.7 Å². The molecule has 2 aromatic carbocycles. The quantitative estimate of drug-likeness (QED) is 0.307. The van der Waals surface area contributed by atoms with E-state index in [1.165, 1.54) is 5.56 Å². The zero-order valence-corrected chi connectivity index (χ0v) is 17.4. The molecule has 4 heteroatoms. The van der Waals surface area contributed by atoms with Crippen LogP contribution in [0, 0.1) is 6.92 Å². The molecule has 1 saturated heterocycles. The average molecular weight is 392 g/mol. The van der Waals surface area contributed by atoms with Crippen LogP contribution in [0.4, 0.5) is 0 Å². The highest BCUT2D eigenvalue weighted by Gasteiger charge is 2.45. The molecule has 1 fully saturated rings. The monoisotopic (exact) mass is 391 g/mol. The van der Waals surface area contributed by atoms with Gasteiger partial charge in [-0.2, -0.15) is 0 Å². The Labute approximate surface area is 172 Å². The first-order chi connectivity index (χ1) is 14.0. The van der Waals surface area contributed by atoms with E-state index in [2.05, 4.69) is 13.8 Å². The van der Waals surface area contributed by atoms with Gasteiger partial charge < -0.3 is 10.0 Å². The van der Waals surface area contributed by atoms with Crippen LogP contribution in [0.3, 0.4) is 0 Å². The SMILES string of the molecule is CCCCCN1C(=O)C(=O)/C(=C(\O)c2ccc(C)cc2)C1c1ccc(CC)cc1. The predicted molar refractivity (Wildman–Crippen MR) is 116 cm³/mol. The van der Waals surface area contributed by atoms with Gasteiger partial charge >= 0.3 is 0 Å². The molecule has 1 N–H and O–H groups in total. The summed E-state index contributed by atoms with van der Waals surface area (Å²) in [5, 5.41) is 11.0. The number of ketones is 1. The number of aliphatic hydroxyl groups excluding tert-OH is 1. The highest BCUT2D eigenvalue weighted by Crippen LogP contribution is 2.39. The summed E-state index contributed by atoms with van der Waals surface area (Å²) in [7, 11) is 0. The van der Waals surface area contributed by atoms with Gasteiger partial charge in [-0.25, -0.2) is 0 Å². The number of unbranched alkanes of at least 4 members (excludes halogenated alkanes) is 2. The molecule has 0 aromatic heterocycles. The molecule has 1 aliphatic heterocycles. The van der Waals surface area contributed by atoms with Gasteiger partial charge in [-0.3, -0.25) is 9.59 Å². The summed E-state index contributed by atoms with van der Waals surface area (Å²) in [5.74, 6) is -1.24. The molecule has 0 aliphatic carbocycles. The molecule has 0 radical (unpaired) electrons. The number of carbonyl (C=O) groups is 2. The van der Waals surface area contributed by atoms with Crippen LogP contribution in [0.2, 0.25) is 0 Å². The molecular weight excluding hydrogens is 362 g/mol. The molecule has 1 amide bonds. The fourth-order valence-electron chi connectivity index (χ4n) is 3.79. The van der Waals surface area contributed by atoms with Crippen molar-refractivity contribution in [2.75, 3.05) is 6.54 Å². The van der Waals surface area contributed by atoms with E-state index in [-0.39, 0.29) is 11.3 Å². The number of aryl methyl sites for hydroxylation is 2. The van der Waals surface area contributed by atoms with Crippen molar-refractivity contribution in [1.29, 1.82) is 0 Å². The Morgan fingerprint density at radius 3 is 2.21 bits per heavy atom. The minimum atomic E-state index is -0.607. The van der Waals surface area contributed by atoms with Gasteiger partial charge in [0.2, 0.25) is 0 Å². The maximum Gasteiger partial charge on any atom is 0.295 e. The first-order valence-corrected chi connectivity index (χ1v) is 10.4. The minimum absolute atomic E-state index is 0.106. The largest absolute Gasteiger partial charge is 0.507 e. The van der Waals surface area contributed by atoms with E-state index in [1.807, 2.05) is 43.3 Å². The van der Waals surface area contributed by atoms with Crippen molar-refractivity contribution in [3.63, 3.8) is 0 Å². The summed E-state index contributed by atoms with van der Waals surface area (Å²) in [6.45, 7) is 6.66. The van der Waals surface area contributed by atoms with E-state index in [9.17, 15) is 14.7 Å². The topological polar surface area (TPSA) is 57.6 Å². The van der Waals surface area contributed by atoms with Gasteiger partial charge in [-0.1, -0.05) is 80.8 Å². The van der Waals surface area contributed by atoms with Crippen molar-refractivity contribution >= 4 is 17.4 Å². The van der Waals surface area contributed by atoms with Crippen molar-refractivity contribution in [3.8, 4) is 0 Å². The van der Waals surface area contributed by atoms with Crippen LogP contribution in [-0.2, 0) is 16.0 Å². The van der Waals surface area contributed by atoms with Crippen LogP contribution in [0.1, 0.15) is 61.4 Å². The van der Waals surface area contributed by atoms with Gasteiger partial charge in [0.1, 0.15) is 5.76 Å². The molecule has 0 spiro atoms. The molecule has 152 valence electrons. The van der Waals surface area contributed by atoms with Crippen LogP contribution < -0.4 is 0 Å². The summed E-state index contributed by atoms with van der Waals surface area (Å²) in [5.41, 5.74) is 3.84.